The van der Waals surface area contributed by atoms with Crippen LogP contribution in [0.1, 0.15) is 50.3 Å². The highest BCUT2D eigenvalue weighted by atomic mass is 16.3. The second-order valence-corrected chi connectivity index (χ2v) is 6.68. The van der Waals surface area contributed by atoms with Crippen LogP contribution in [0.25, 0.3) is 0 Å². The van der Waals surface area contributed by atoms with Gasteiger partial charge in [-0.25, -0.2) is 0 Å². The van der Waals surface area contributed by atoms with E-state index in [0.29, 0.717) is 17.2 Å². The van der Waals surface area contributed by atoms with Crippen LogP contribution >= 0.6 is 0 Å². The van der Waals surface area contributed by atoms with E-state index in [2.05, 4.69) is 24.8 Å². The summed E-state index contributed by atoms with van der Waals surface area (Å²) >= 11 is 0. The molecule has 1 atom stereocenters. The van der Waals surface area contributed by atoms with Crippen LogP contribution < -0.4 is 0 Å². The van der Waals surface area contributed by atoms with Gasteiger partial charge in [0.05, 0.1) is 0 Å². The van der Waals surface area contributed by atoms with Crippen molar-refractivity contribution in [3.63, 3.8) is 0 Å². The topological polar surface area (TPSA) is 23.5 Å². The Morgan fingerprint density at radius 3 is 2.89 bits per heavy atom. The van der Waals surface area contributed by atoms with E-state index in [0.717, 1.165) is 6.42 Å². The van der Waals surface area contributed by atoms with Gasteiger partial charge in [0.15, 0.2) is 0 Å². The van der Waals surface area contributed by atoms with Crippen molar-refractivity contribution < 1.29 is 5.11 Å². The minimum absolute atomic E-state index is 0.413. The van der Waals surface area contributed by atoms with Crippen LogP contribution in [-0.2, 0) is 6.42 Å². The molecule has 0 amide bonds. The van der Waals surface area contributed by atoms with E-state index in [4.69, 9.17) is 0 Å². The predicted molar refractivity (Wildman–Crippen MR) is 73.8 cm³/mol. The van der Waals surface area contributed by atoms with Crippen molar-refractivity contribution >= 4 is 0 Å². The van der Waals surface area contributed by atoms with Crippen LogP contribution in [-0.4, -0.2) is 23.1 Å². The molecule has 3 rings (SSSR count). The molecule has 0 bridgehead atoms. The molecule has 0 saturated carbocycles. The Morgan fingerprint density at radius 1 is 1.33 bits per heavy atom. The highest BCUT2D eigenvalue weighted by molar-refractivity contribution is 5.38. The lowest BCUT2D eigenvalue weighted by molar-refractivity contribution is 0.199. The van der Waals surface area contributed by atoms with Gasteiger partial charge in [-0.2, -0.15) is 0 Å². The van der Waals surface area contributed by atoms with Crippen molar-refractivity contribution in [1.29, 1.82) is 0 Å². The molecule has 1 aliphatic carbocycles. The van der Waals surface area contributed by atoms with Crippen LogP contribution in [0, 0.1) is 5.41 Å². The number of hydrogen-bond acceptors (Lipinski definition) is 2. The van der Waals surface area contributed by atoms with E-state index in [1.54, 1.807) is 0 Å². The van der Waals surface area contributed by atoms with Gasteiger partial charge in [-0.3, -0.25) is 4.90 Å². The minimum atomic E-state index is 0.413. The van der Waals surface area contributed by atoms with Crippen molar-refractivity contribution in [1.82, 2.24) is 4.90 Å². The molecule has 0 spiro atoms. The van der Waals surface area contributed by atoms with Gasteiger partial charge in [0.1, 0.15) is 5.75 Å². The molecule has 18 heavy (non-hydrogen) atoms. The van der Waals surface area contributed by atoms with E-state index in [-0.39, 0.29) is 0 Å². The Bertz CT molecular complexity index is 452. The smallest absolute Gasteiger partial charge is 0.115 e. The number of nitrogens with zero attached hydrogens (tertiary/aromatic N) is 1. The zero-order chi connectivity index (χ0) is 12.8. The van der Waals surface area contributed by atoms with Gasteiger partial charge in [0, 0.05) is 12.6 Å². The van der Waals surface area contributed by atoms with E-state index >= 15 is 0 Å². The van der Waals surface area contributed by atoms with Crippen molar-refractivity contribution in [2.45, 2.75) is 45.6 Å². The fraction of sp³-hybridized carbons (Fsp3) is 0.625. The lowest BCUT2D eigenvalue weighted by atomic mass is 9.86. The molecule has 1 aromatic carbocycles. The van der Waals surface area contributed by atoms with Crippen molar-refractivity contribution in [3.8, 4) is 5.75 Å². The van der Waals surface area contributed by atoms with Crippen LogP contribution in [0.4, 0.5) is 0 Å². The lowest BCUT2D eigenvalue weighted by Gasteiger charge is -2.34. The second kappa shape index (κ2) is 4.27. The summed E-state index contributed by atoms with van der Waals surface area (Å²) < 4.78 is 0. The molecule has 2 nitrogen and oxygen atoms in total. The van der Waals surface area contributed by atoms with Crippen LogP contribution in [0.15, 0.2) is 18.2 Å². The van der Waals surface area contributed by atoms with Crippen molar-refractivity contribution in [3.05, 3.63) is 29.3 Å². The molecule has 98 valence electrons. The Balaban J connectivity index is 1.88. The molecule has 1 fully saturated rings. The van der Waals surface area contributed by atoms with Crippen LogP contribution in [0.5, 0.6) is 5.75 Å². The first-order chi connectivity index (χ1) is 8.55. The molecular weight excluding hydrogens is 222 g/mol. The number of fused-ring (bicyclic) bond motifs is 1. The average Bonchev–Trinajstić information content (AvgIpc) is 2.68. The molecule has 2 aliphatic rings. The largest absolute Gasteiger partial charge is 0.508 e. The van der Waals surface area contributed by atoms with Gasteiger partial charge in [0.25, 0.3) is 0 Å². The zero-order valence-electron chi connectivity index (χ0n) is 11.4. The van der Waals surface area contributed by atoms with Crippen LogP contribution in [0.3, 0.4) is 0 Å². The Kier molecular flexibility index (Phi) is 2.86. The van der Waals surface area contributed by atoms with Gasteiger partial charge in [0.2, 0.25) is 0 Å². The van der Waals surface area contributed by atoms with Gasteiger partial charge >= 0.3 is 0 Å². The maximum atomic E-state index is 9.61. The highest BCUT2D eigenvalue weighted by Crippen LogP contribution is 2.41. The van der Waals surface area contributed by atoms with E-state index in [1.807, 2.05) is 12.1 Å². The van der Waals surface area contributed by atoms with Crippen molar-refractivity contribution in [2.75, 3.05) is 13.1 Å². The Labute approximate surface area is 110 Å². The second-order valence-electron chi connectivity index (χ2n) is 6.68. The summed E-state index contributed by atoms with van der Waals surface area (Å²) in [6.07, 6.45) is 4.94. The van der Waals surface area contributed by atoms with Crippen molar-refractivity contribution in [2.24, 2.45) is 5.41 Å². The first-order valence-electron chi connectivity index (χ1n) is 7.11. The SMILES string of the molecule is CC1(C)CCN(C2CCCc3cc(O)ccc32)C1. The maximum absolute atomic E-state index is 9.61. The molecule has 1 saturated heterocycles. The third-order valence-corrected chi connectivity index (χ3v) is 4.56. The Morgan fingerprint density at radius 2 is 2.17 bits per heavy atom. The normalized spacial score (nSPS) is 27.1. The summed E-state index contributed by atoms with van der Waals surface area (Å²) in [6, 6.07) is 6.53. The number of likely N-dealkylation sites (tertiary alicyclic amines) is 1. The third-order valence-electron chi connectivity index (χ3n) is 4.56. The fourth-order valence-electron chi connectivity index (χ4n) is 3.57. The molecule has 1 heterocycles. The molecule has 1 aliphatic heterocycles. The summed E-state index contributed by atoms with van der Waals surface area (Å²) in [7, 11) is 0. The van der Waals surface area contributed by atoms with E-state index in [9.17, 15) is 5.11 Å². The van der Waals surface area contributed by atoms with E-state index in [1.165, 1.54) is 43.5 Å². The summed E-state index contributed by atoms with van der Waals surface area (Å²) in [4.78, 5) is 2.65. The number of aryl methyl sites for hydroxylation is 1. The first-order valence-corrected chi connectivity index (χ1v) is 7.11. The molecule has 2 heteroatoms. The molecule has 1 unspecified atom stereocenters. The molecular formula is C16H23NO. The number of aromatic hydroxyl groups is 1. The number of phenols is 1. The number of phenolic OH excluding ortho intramolecular Hbond substituents is 1. The lowest BCUT2D eigenvalue weighted by Crippen LogP contribution is -2.30. The summed E-state index contributed by atoms with van der Waals surface area (Å²) in [5, 5.41) is 9.61. The molecule has 1 aromatic rings. The monoisotopic (exact) mass is 245 g/mol. The molecule has 0 radical (unpaired) electrons. The number of benzene rings is 1. The van der Waals surface area contributed by atoms with Gasteiger partial charge in [-0.05, 0) is 60.9 Å². The molecule has 1 N–H and O–H groups in total. The van der Waals surface area contributed by atoms with Crippen LogP contribution in [0.2, 0.25) is 0 Å². The first kappa shape index (κ1) is 12.0. The minimum Gasteiger partial charge on any atom is -0.508 e. The highest BCUT2D eigenvalue weighted by Gasteiger charge is 2.35. The summed E-state index contributed by atoms with van der Waals surface area (Å²) in [5.74, 6) is 0.413. The van der Waals surface area contributed by atoms with E-state index < -0.39 is 0 Å². The molecule has 0 aromatic heterocycles. The standard InChI is InChI=1S/C16H23NO/c1-16(2)8-9-17(11-16)15-5-3-4-12-10-13(18)6-7-14(12)15/h6-7,10,15,18H,3-5,8-9,11H2,1-2H3. The maximum Gasteiger partial charge on any atom is 0.115 e. The summed E-state index contributed by atoms with van der Waals surface area (Å²) in [6.45, 7) is 7.16. The quantitative estimate of drug-likeness (QED) is 0.818. The Hall–Kier alpha value is -1.02. The number of rotatable bonds is 1. The van der Waals surface area contributed by atoms with Gasteiger partial charge in [-0.15, -0.1) is 0 Å². The van der Waals surface area contributed by atoms with Gasteiger partial charge < -0.3 is 5.11 Å². The summed E-state index contributed by atoms with van der Waals surface area (Å²) in [5.41, 5.74) is 3.28. The zero-order valence-corrected chi connectivity index (χ0v) is 11.4. The fourth-order valence-corrected chi connectivity index (χ4v) is 3.57. The number of hydrogen-bond donors (Lipinski definition) is 1. The van der Waals surface area contributed by atoms with Gasteiger partial charge in [-0.1, -0.05) is 19.9 Å². The predicted octanol–water partition coefficient (Wildman–Crippen LogP) is 3.50. The third kappa shape index (κ3) is 2.14. The average molecular weight is 245 g/mol.